The van der Waals surface area contributed by atoms with Crippen molar-refractivity contribution in [2.24, 2.45) is 5.92 Å². The van der Waals surface area contributed by atoms with Crippen LogP contribution in [0.5, 0.6) is 5.75 Å². The van der Waals surface area contributed by atoms with Gasteiger partial charge in [-0.25, -0.2) is 0 Å². The van der Waals surface area contributed by atoms with E-state index in [2.05, 4.69) is 17.4 Å². The van der Waals surface area contributed by atoms with Gasteiger partial charge < -0.3 is 19.7 Å². The highest BCUT2D eigenvalue weighted by Crippen LogP contribution is 2.23. The number of morpholine rings is 1. The molecule has 2 aliphatic heterocycles. The van der Waals surface area contributed by atoms with Crippen molar-refractivity contribution in [3.63, 3.8) is 0 Å². The van der Waals surface area contributed by atoms with Crippen LogP contribution in [0.3, 0.4) is 0 Å². The lowest BCUT2D eigenvalue weighted by Crippen LogP contribution is -2.51. The van der Waals surface area contributed by atoms with Gasteiger partial charge in [0, 0.05) is 26.2 Å². The minimum atomic E-state index is -0.290. The van der Waals surface area contributed by atoms with Crippen molar-refractivity contribution >= 4 is 18.3 Å². The molecule has 5 nitrogen and oxygen atoms in total. The molecule has 6 heteroatoms. The topological polar surface area (TPSA) is 50.8 Å². The van der Waals surface area contributed by atoms with Gasteiger partial charge in [0.05, 0.1) is 13.7 Å². The Bertz CT molecular complexity index is 510. The first-order chi connectivity index (χ1) is 11.3. The minimum Gasteiger partial charge on any atom is -0.497 e. The number of methoxy groups -OCH3 is 1. The number of likely N-dealkylation sites (tertiary alicyclic amines) is 1. The van der Waals surface area contributed by atoms with E-state index in [-0.39, 0.29) is 24.4 Å². The van der Waals surface area contributed by atoms with E-state index in [9.17, 15) is 4.79 Å². The number of hydrogen-bond acceptors (Lipinski definition) is 4. The Hall–Kier alpha value is -1.30. The summed E-state index contributed by atoms with van der Waals surface area (Å²) in [4.78, 5) is 14.4. The Kier molecular flexibility index (Phi) is 7.34. The summed E-state index contributed by atoms with van der Waals surface area (Å²) < 4.78 is 10.8. The second-order valence-corrected chi connectivity index (χ2v) is 6.38. The van der Waals surface area contributed by atoms with Gasteiger partial charge in [-0.2, -0.15) is 0 Å². The zero-order valence-corrected chi connectivity index (χ0v) is 15.0. The van der Waals surface area contributed by atoms with Crippen molar-refractivity contribution in [3.05, 3.63) is 29.8 Å². The van der Waals surface area contributed by atoms with Crippen LogP contribution in [0.4, 0.5) is 0 Å². The lowest BCUT2D eigenvalue weighted by Gasteiger charge is -2.35. The number of nitrogens with zero attached hydrogens (tertiary/aromatic N) is 1. The Morgan fingerprint density at radius 3 is 2.58 bits per heavy atom. The largest absolute Gasteiger partial charge is 0.497 e. The molecule has 24 heavy (non-hydrogen) atoms. The molecule has 0 radical (unpaired) electrons. The molecule has 3 rings (SSSR count). The van der Waals surface area contributed by atoms with E-state index in [0.717, 1.165) is 44.6 Å². The molecule has 1 aromatic carbocycles. The summed E-state index contributed by atoms with van der Waals surface area (Å²) >= 11 is 0. The van der Waals surface area contributed by atoms with E-state index < -0.39 is 0 Å². The summed E-state index contributed by atoms with van der Waals surface area (Å²) in [5, 5.41) is 3.22. The highest BCUT2D eigenvalue weighted by Gasteiger charge is 2.29. The summed E-state index contributed by atoms with van der Waals surface area (Å²) in [6.07, 6.45) is 2.92. The number of nitrogens with one attached hydrogen (secondary N) is 1. The Morgan fingerprint density at radius 1 is 1.29 bits per heavy atom. The lowest BCUT2D eigenvalue weighted by atomic mass is 9.90. The second-order valence-electron chi connectivity index (χ2n) is 6.38. The maximum Gasteiger partial charge on any atom is 0.253 e. The molecule has 0 saturated carbocycles. The molecule has 1 unspecified atom stereocenters. The Balaban J connectivity index is 0.00000208. The predicted molar refractivity (Wildman–Crippen MR) is 95.9 cm³/mol. The van der Waals surface area contributed by atoms with Crippen LogP contribution in [0.25, 0.3) is 0 Å². The summed E-state index contributed by atoms with van der Waals surface area (Å²) in [6.45, 7) is 3.81. The van der Waals surface area contributed by atoms with Gasteiger partial charge in [-0.15, -0.1) is 12.4 Å². The average molecular weight is 355 g/mol. The first kappa shape index (κ1) is 19.0. The number of carbonyl (C=O) groups excluding carboxylic acids is 1. The van der Waals surface area contributed by atoms with E-state index in [1.165, 1.54) is 5.56 Å². The zero-order valence-electron chi connectivity index (χ0n) is 14.2. The molecule has 1 aromatic rings. The SMILES string of the molecule is COc1ccc(CC2CCN(C(=O)C3CNCCO3)CC2)cc1.Cl. The van der Waals surface area contributed by atoms with Crippen LogP contribution in [0.2, 0.25) is 0 Å². The number of hydrogen-bond donors (Lipinski definition) is 1. The second kappa shape index (κ2) is 9.25. The molecule has 2 fully saturated rings. The van der Waals surface area contributed by atoms with Crippen molar-refractivity contribution in [2.45, 2.75) is 25.4 Å². The number of piperidine rings is 1. The smallest absolute Gasteiger partial charge is 0.253 e. The molecule has 1 amide bonds. The number of carbonyl (C=O) groups is 1. The maximum absolute atomic E-state index is 12.4. The van der Waals surface area contributed by atoms with Gasteiger partial charge in [-0.1, -0.05) is 12.1 Å². The molecule has 2 heterocycles. The van der Waals surface area contributed by atoms with Crippen LogP contribution < -0.4 is 10.1 Å². The molecule has 0 aliphatic carbocycles. The zero-order chi connectivity index (χ0) is 16.1. The fraction of sp³-hybridized carbons (Fsp3) is 0.611. The van der Waals surface area contributed by atoms with E-state index >= 15 is 0 Å². The van der Waals surface area contributed by atoms with Gasteiger partial charge in [0.1, 0.15) is 11.9 Å². The van der Waals surface area contributed by atoms with Crippen LogP contribution in [0, 0.1) is 5.92 Å². The van der Waals surface area contributed by atoms with Crippen molar-refractivity contribution in [3.8, 4) is 5.75 Å². The van der Waals surface area contributed by atoms with Gasteiger partial charge in [0.15, 0.2) is 0 Å². The van der Waals surface area contributed by atoms with Crippen molar-refractivity contribution in [1.82, 2.24) is 10.2 Å². The molecule has 0 bridgehead atoms. The minimum absolute atomic E-state index is 0. The summed E-state index contributed by atoms with van der Waals surface area (Å²) in [5.41, 5.74) is 1.34. The number of amides is 1. The highest BCUT2D eigenvalue weighted by molar-refractivity contribution is 5.85. The monoisotopic (exact) mass is 354 g/mol. The van der Waals surface area contributed by atoms with Crippen LogP contribution in [-0.4, -0.2) is 56.8 Å². The van der Waals surface area contributed by atoms with Crippen LogP contribution in [-0.2, 0) is 16.0 Å². The van der Waals surface area contributed by atoms with E-state index in [0.29, 0.717) is 19.1 Å². The van der Waals surface area contributed by atoms with Gasteiger partial charge in [-0.05, 0) is 42.9 Å². The van der Waals surface area contributed by atoms with E-state index in [4.69, 9.17) is 9.47 Å². The normalized spacial score (nSPS) is 21.9. The van der Waals surface area contributed by atoms with Gasteiger partial charge in [-0.3, -0.25) is 4.79 Å². The van der Waals surface area contributed by atoms with Crippen LogP contribution in [0.15, 0.2) is 24.3 Å². The van der Waals surface area contributed by atoms with Crippen molar-refractivity contribution in [1.29, 1.82) is 0 Å². The standard InChI is InChI=1S/C18H26N2O3.ClH/c1-22-16-4-2-14(3-5-16)12-15-6-9-20(10-7-15)18(21)17-13-19-8-11-23-17;/h2-5,15,17,19H,6-13H2,1H3;1H. The number of rotatable bonds is 4. The van der Waals surface area contributed by atoms with Crippen molar-refractivity contribution in [2.75, 3.05) is 39.9 Å². The number of benzene rings is 1. The molecule has 134 valence electrons. The molecule has 0 spiro atoms. The highest BCUT2D eigenvalue weighted by atomic mass is 35.5. The van der Waals surface area contributed by atoms with Crippen LogP contribution in [0.1, 0.15) is 18.4 Å². The van der Waals surface area contributed by atoms with E-state index in [1.807, 2.05) is 17.0 Å². The molecule has 1 atom stereocenters. The third-order valence-electron chi connectivity index (χ3n) is 4.81. The first-order valence-electron chi connectivity index (χ1n) is 8.50. The fourth-order valence-electron chi connectivity index (χ4n) is 3.38. The molecule has 2 aliphatic rings. The molecule has 2 saturated heterocycles. The Morgan fingerprint density at radius 2 is 2.00 bits per heavy atom. The van der Waals surface area contributed by atoms with Gasteiger partial charge >= 0.3 is 0 Å². The average Bonchev–Trinajstić information content (AvgIpc) is 2.63. The lowest BCUT2D eigenvalue weighted by molar-refractivity contribution is -0.146. The van der Waals surface area contributed by atoms with Gasteiger partial charge in [0.2, 0.25) is 0 Å². The number of halogens is 1. The maximum atomic E-state index is 12.4. The summed E-state index contributed by atoms with van der Waals surface area (Å²) in [6, 6.07) is 8.30. The predicted octanol–water partition coefficient (Wildman–Crippen LogP) is 1.89. The van der Waals surface area contributed by atoms with Crippen molar-refractivity contribution < 1.29 is 14.3 Å². The van der Waals surface area contributed by atoms with E-state index in [1.54, 1.807) is 7.11 Å². The third kappa shape index (κ3) is 4.85. The fourth-order valence-corrected chi connectivity index (χ4v) is 3.38. The third-order valence-corrected chi connectivity index (χ3v) is 4.81. The molecular formula is C18H27ClN2O3. The van der Waals surface area contributed by atoms with Gasteiger partial charge in [0.25, 0.3) is 5.91 Å². The van der Waals surface area contributed by atoms with Crippen LogP contribution >= 0.6 is 12.4 Å². The quantitative estimate of drug-likeness (QED) is 0.897. The number of ether oxygens (including phenoxy) is 2. The first-order valence-corrected chi connectivity index (χ1v) is 8.50. The molecule has 0 aromatic heterocycles. The molecule has 1 N–H and O–H groups in total. The summed E-state index contributed by atoms with van der Waals surface area (Å²) in [5.74, 6) is 1.70. The summed E-state index contributed by atoms with van der Waals surface area (Å²) in [7, 11) is 1.69. The molecular weight excluding hydrogens is 328 g/mol. The Labute approximate surface area is 150 Å².